The Morgan fingerprint density at radius 2 is 1.83 bits per heavy atom. The number of piperidine rings is 1. The van der Waals surface area contributed by atoms with Crippen molar-refractivity contribution in [2.24, 2.45) is 5.92 Å². The van der Waals surface area contributed by atoms with Gasteiger partial charge in [-0.25, -0.2) is 0 Å². The summed E-state index contributed by atoms with van der Waals surface area (Å²) in [7, 11) is 3.39. The SMILES string of the molecule is COc1ccc(CN(C2CC2)[C@H](CNC2CCOCC2)C(=O)N2CCC[C@H]3CCCC[C@@H]32)c(OC)c1. The molecule has 200 valence electrons. The van der Waals surface area contributed by atoms with Gasteiger partial charge >= 0.3 is 0 Å². The number of carbonyl (C=O) groups excluding carboxylic acids is 1. The third-order valence-corrected chi connectivity index (χ3v) is 8.90. The molecule has 1 amide bonds. The molecule has 5 rings (SSSR count). The van der Waals surface area contributed by atoms with Crippen LogP contribution in [0.3, 0.4) is 0 Å². The van der Waals surface area contributed by atoms with E-state index in [-0.39, 0.29) is 6.04 Å². The number of carbonyl (C=O) groups is 1. The van der Waals surface area contributed by atoms with Crippen molar-refractivity contribution in [3.63, 3.8) is 0 Å². The fourth-order valence-electron chi connectivity index (χ4n) is 6.70. The standard InChI is InChI=1S/C29H45N3O4/c1-34-25-12-9-22(28(18-25)35-2)20-32(24-10-11-24)27(19-30-23-13-16-36-17-14-23)29(33)31-15-5-7-21-6-3-4-8-26(21)31/h9,12,18,21,23-24,26-27,30H,3-8,10-11,13-17,19-20H2,1-2H3/t21-,26+,27-/m1/s1. The van der Waals surface area contributed by atoms with Crippen LogP contribution in [0.5, 0.6) is 11.5 Å². The Balaban J connectivity index is 1.39. The van der Waals surface area contributed by atoms with Crippen LogP contribution in [0, 0.1) is 5.92 Å². The molecule has 0 bridgehead atoms. The monoisotopic (exact) mass is 499 g/mol. The van der Waals surface area contributed by atoms with Gasteiger partial charge in [0.05, 0.1) is 14.2 Å². The molecule has 2 heterocycles. The lowest BCUT2D eigenvalue weighted by molar-refractivity contribution is -0.144. The van der Waals surface area contributed by atoms with Gasteiger partial charge < -0.3 is 24.4 Å². The van der Waals surface area contributed by atoms with Gasteiger partial charge in [0.2, 0.25) is 5.91 Å². The van der Waals surface area contributed by atoms with Crippen molar-refractivity contribution in [3.05, 3.63) is 23.8 Å². The molecule has 4 fully saturated rings. The minimum absolute atomic E-state index is 0.159. The smallest absolute Gasteiger partial charge is 0.241 e. The van der Waals surface area contributed by atoms with Crippen molar-refractivity contribution in [1.29, 1.82) is 0 Å². The van der Waals surface area contributed by atoms with Crippen LogP contribution in [0.1, 0.15) is 69.8 Å². The minimum atomic E-state index is -0.159. The average molecular weight is 500 g/mol. The summed E-state index contributed by atoms with van der Waals surface area (Å²) in [6.07, 6.45) is 11.8. The summed E-state index contributed by atoms with van der Waals surface area (Å²) < 4.78 is 16.7. The largest absolute Gasteiger partial charge is 0.497 e. The number of amides is 1. The molecule has 2 saturated carbocycles. The first kappa shape index (κ1) is 25.8. The highest BCUT2D eigenvalue weighted by molar-refractivity contribution is 5.83. The van der Waals surface area contributed by atoms with Crippen LogP contribution in [0.15, 0.2) is 18.2 Å². The first-order chi connectivity index (χ1) is 17.7. The van der Waals surface area contributed by atoms with E-state index in [9.17, 15) is 4.79 Å². The molecule has 2 saturated heterocycles. The van der Waals surface area contributed by atoms with E-state index in [4.69, 9.17) is 14.2 Å². The fourth-order valence-corrected chi connectivity index (χ4v) is 6.70. The maximum atomic E-state index is 14.4. The van der Waals surface area contributed by atoms with E-state index >= 15 is 0 Å². The van der Waals surface area contributed by atoms with Crippen molar-refractivity contribution in [2.45, 2.75) is 94.9 Å². The molecule has 0 unspecified atom stereocenters. The molecule has 0 aromatic heterocycles. The summed E-state index contributed by atoms with van der Waals surface area (Å²) in [5.41, 5.74) is 1.11. The van der Waals surface area contributed by atoms with E-state index in [1.807, 2.05) is 12.1 Å². The van der Waals surface area contributed by atoms with Crippen LogP contribution in [0.4, 0.5) is 0 Å². The van der Waals surface area contributed by atoms with Crippen LogP contribution in [0.2, 0.25) is 0 Å². The minimum Gasteiger partial charge on any atom is -0.497 e. The molecule has 1 aromatic carbocycles. The molecular formula is C29H45N3O4. The Hall–Kier alpha value is -1.83. The van der Waals surface area contributed by atoms with Crippen molar-refractivity contribution in [2.75, 3.05) is 40.5 Å². The molecule has 3 atom stereocenters. The highest BCUT2D eigenvalue weighted by atomic mass is 16.5. The van der Waals surface area contributed by atoms with Crippen LogP contribution < -0.4 is 14.8 Å². The summed E-state index contributed by atoms with van der Waals surface area (Å²) in [5, 5.41) is 3.79. The van der Waals surface area contributed by atoms with Crippen molar-refractivity contribution in [3.8, 4) is 11.5 Å². The summed E-state index contributed by atoms with van der Waals surface area (Å²) in [4.78, 5) is 19.2. The Labute approximate surface area is 216 Å². The number of hydrogen-bond acceptors (Lipinski definition) is 6. The lowest BCUT2D eigenvalue weighted by Crippen LogP contribution is -2.59. The predicted molar refractivity (Wildman–Crippen MR) is 140 cm³/mol. The second kappa shape index (κ2) is 12.1. The van der Waals surface area contributed by atoms with Crippen LogP contribution in [0.25, 0.3) is 0 Å². The molecule has 0 spiro atoms. The average Bonchev–Trinajstić information content (AvgIpc) is 3.78. The zero-order valence-electron chi connectivity index (χ0n) is 22.3. The van der Waals surface area contributed by atoms with Crippen molar-refractivity contribution >= 4 is 5.91 Å². The summed E-state index contributed by atoms with van der Waals surface area (Å²) in [6, 6.07) is 7.20. The summed E-state index contributed by atoms with van der Waals surface area (Å²) in [5.74, 6) is 2.65. The maximum absolute atomic E-state index is 14.4. The molecule has 2 aliphatic carbocycles. The number of rotatable bonds is 10. The van der Waals surface area contributed by atoms with Gasteiger partial charge in [-0.05, 0) is 63.4 Å². The second-order valence-electron chi connectivity index (χ2n) is 11.2. The third-order valence-electron chi connectivity index (χ3n) is 8.90. The van der Waals surface area contributed by atoms with Crippen LogP contribution >= 0.6 is 0 Å². The predicted octanol–water partition coefficient (Wildman–Crippen LogP) is 3.99. The molecule has 7 nitrogen and oxygen atoms in total. The number of nitrogens with one attached hydrogen (secondary N) is 1. The third kappa shape index (κ3) is 6.00. The number of ether oxygens (including phenoxy) is 3. The van der Waals surface area contributed by atoms with E-state index in [0.29, 0.717) is 43.0 Å². The number of fused-ring (bicyclic) bond motifs is 1. The van der Waals surface area contributed by atoms with Gasteiger partial charge in [-0.15, -0.1) is 0 Å². The lowest BCUT2D eigenvalue weighted by Gasteiger charge is -2.46. The van der Waals surface area contributed by atoms with Gasteiger partial charge in [0, 0.05) is 62.6 Å². The topological polar surface area (TPSA) is 63.3 Å². The lowest BCUT2D eigenvalue weighted by atomic mass is 9.78. The van der Waals surface area contributed by atoms with E-state index in [0.717, 1.165) is 68.9 Å². The van der Waals surface area contributed by atoms with Crippen LogP contribution in [-0.2, 0) is 16.1 Å². The molecule has 2 aliphatic heterocycles. The molecule has 1 N–H and O–H groups in total. The second-order valence-corrected chi connectivity index (χ2v) is 11.2. The quantitative estimate of drug-likeness (QED) is 0.525. The first-order valence-electron chi connectivity index (χ1n) is 14.3. The van der Waals surface area contributed by atoms with E-state index in [2.05, 4.69) is 21.2 Å². The van der Waals surface area contributed by atoms with Gasteiger partial charge in [0.1, 0.15) is 17.5 Å². The summed E-state index contributed by atoms with van der Waals surface area (Å²) in [6.45, 7) is 3.94. The Morgan fingerprint density at radius 1 is 1.06 bits per heavy atom. The fraction of sp³-hybridized carbons (Fsp3) is 0.759. The van der Waals surface area contributed by atoms with Gasteiger partial charge in [-0.2, -0.15) is 0 Å². The van der Waals surface area contributed by atoms with Crippen molar-refractivity contribution in [1.82, 2.24) is 15.1 Å². The molecule has 4 aliphatic rings. The maximum Gasteiger partial charge on any atom is 0.241 e. The molecule has 36 heavy (non-hydrogen) atoms. The van der Waals surface area contributed by atoms with E-state index < -0.39 is 0 Å². The van der Waals surface area contributed by atoms with Gasteiger partial charge in [0.15, 0.2) is 0 Å². The van der Waals surface area contributed by atoms with Gasteiger partial charge in [0.25, 0.3) is 0 Å². The number of methoxy groups -OCH3 is 2. The normalized spacial score (nSPS) is 25.9. The number of hydrogen-bond donors (Lipinski definition) is 1. The summed E-state index contributed by atoms with van der Waals surface area (Å²) >= 11 is 0. The van der Waals surface area contributed by atoms with Gasteiger partial charge in [-0.1, -0.05) is 18.9 Å². The van der Waals surface area contributed by atoms with E-state index in [1.165, 1.54) is 32.1 Å². The van der Waals surface area contributed by atoms with Gasteiger partial charge in [-0.3, -0.25) is 9.69 Å². The Morgan fingerprint density at radius 3 is 2.58 bits per heavy atom. The number of likely N-dealkylation sites (tertiary alicyclic amines) is 1. The first-order valence-corrected chi connectivity index (χ1v) is 14.3. The zero-order chi connectivity index (χ0) is 24.9. The van der Waals surface area contributed by atoms with Crippen LogP contribution in [-0.4, -0.2) is 80.4 Å². The molecule has 1 aromatic rings. The molecule has 0 radical (unpaired) electrons. The molecular weight excluding hydrogens is 454 g/mol. The Bertz CT molecular complexity index is 868. The number of benzene rings is 1. The van der Waals surface area contributed by atoms with Crippen molar-refractivity contribution < 1.29 is 19.0 Å². The Kier molecular flexibility index (Phi) is 8.70. The zero-order valence-corrected chi connectivity index (χ0v) is 22.3. The highest BCUT2D eigenvalue weighted by Gasteiger charge is 2.43. The highest BCUT2D eigenvalue weighted by Crippen LogP contribution is 2.38. The number of nitrogens with zero attached hydrogens (tertiary/aromatic N) is 2. The molecule has 7 heteroatoms. The van der Waals surface area contributed by atoms with E-state index in [1.54, 1.807) is 14.2 Å².